The predicted octanol–water partition coefficient (Wildman–Crippen LogP) is 2.55. The zero-order valence-electron chi connectivity index (χ0n) is 12.0. The Morgan fingerprint density at radius 3 is 2.53 bits per heavy atom. The summed E-state index contributed by atoms with van der Waals surface area (Å²) in [6, 6.07) is 4.50. The van der Waals surface area contributed by atoms with Crippen molar-refractivity contribution < 1.29 is 9.47 Å². The molecule has 2 unspecified atom stereocenters. The van der Waals surface area contributed by atoms with Crippen molar-refractivity contribution in [2.45, 2.75) is 32.2 Å². The Morgan fingerprint density at radius 2 is 1.89 bits per heavy atom. The van der Waals surface area contributed by atoms with Gasteiger partial charge < -0.3 is 20.5 Å². The van der Waals surface area contributed by atoms with Gasteiger partial charge >= 0.3 is 0 Å². The highest BCUT2D eigenvalue weighted by atomic mass is 16.5. The topological polar surface area (TPSA) is 56.5 Å². The van der Waals surface area contributed by atoms with Crippen LogP contribution in [0.4, 0.5) is 5.69 Å². The van der Waals surface area contributed by atoms with E-state index in [0.29, 0.717) is 12.0 Å². The molecule has 1 aliphatic carbocycles. The number of ether oxygens (including phenoxy) is 2. The molecule has 0 bridgehead atoms. The first-order valence-electron chi connectivity index (χ1n) is 6.88. The molecular weight excluding hydrogens is 240 g/mol. The molecule has 0 amide bonds. The normalized spacial score (nSPS) is 22.3. The van der Waals surface area contributed by atoms with Crippen molar-refractivity contribution in [3.63, 3.8) is 0 Å². The van der Waals surface area contributed by atoms with E-state index in [9.17, 15) is 0 Å². The third-order valence-electron chi connectivity index (χ3n) is 4.03. The molecular formula is C15H24N2O2. The molecule has 0 saturated heterocycles. The van der Waals surface area contributed by atoms with Gasteiger partial charge in [0, 0.05) is 17.8 Å². The number of aryl methyl sites for hydroxylation is 1. The van der Waals surface area contributed by atoms with Gasteiger partial charge in [0.2, 0.25) is 0 Å². The monoisotopic (exact) mass is 264 g/mol. The van der Waals surface area contributed by atoms with Crippen LogP contribution in [0.15, 0.2) is 12.1 Å². The molecule has 3 N–H and O–H groups in total. The Balaban J connectivity index is 2.20. The maximum atomic E-state index is 5.83. The minimum absolute atomic E-state index is 0.474. The van der Waals surface area contributed by atoms with Crippen LogP contribution in [0.25, 0.3) is 0 Å². The fraction of sp³-hybridized carbons (Fsp3) is 0.600. The van der Waals surface area contributed by atoms with Crippen molar-refractivity contribution in [1.29, 1.82) is 0 Å². The summed E-state index contributed by atoms with van der Waals surface area (Å²) in [5.74, 6) is 2.11. The second-order valence-corrected chi connectivity index (χ2v) is 5.20. The lowest BCUT2D eigenvalue weighted by Gasteiger charge is -2.23. The molecule has 0 aliphatic heterocycles. The summed E-state index contributed by atoms with van der Waals surface area (Å²) in [6.07, 6.45) is 3.67. The third-order valence-corrected chi connectivity index (χ3v) is 4.03. The first kappa shape index (κ1) is 14.0. The van der Waals surface area contributed by atoms with E-state index < -0.39 is 0 Å². The van der Waals surface area contributed by atoms with Crippen LogP contribution in [0.1, 0.15) is 24.8 Å². The number of benzene rings is 1. The summed E-state index contributed by atoms with van der Waals surface area (Å²) < 4.78 is 10.7. The van der Waals surface area contributed by atoms with E-state index in [-0.39, 0.29) is 0 Å². The van der Waals surface area contributed by atoms with Crippen LogP contribution in [0.5, 0.6) is 11.5 Å². The Labute approximate surface area is 115 Å². The van der Waals surface area contributed by atoms with E-state index in [4.69, 9.17) is 15.2 Å². The number of rotatable bonds is 5. The first-order valence-corrected chi connectivity index (χ1v) is 6.88. The molecule has 1 saturated carbocycles. The molecule has 0 radical (unpaired) electrons. The lowest BCUT2D eigenvalue weighted by molar-refractivity contribution is 0.355. The molecule has 0 spiro atoms. The van der Waals surface area contributed by atoms with Crippen molar-refractivity contribution in [3.8, 4) is 11.5 Å². The summed E-state index contributed by atoms with van der Waals surface area (Å²) in [5, 5.41) is 3.62. The minimum atomic E-state index is 0.474. The van der Waals surface area contributed by atoms with Crippen LogP contribution in [0.2, 0.25) is 0 Å². The van der Waals surface area contributed by atoms with Crippen LogP contribution in [0.3, 0.4) is 0 Å². The summed E-state index contributed by atoms with van der Waals surface area (Å²) in [4.78, 5) is 0. The molecule has 4 nitrogen and oxygen atoms in total. The fourth-order valence-corrected chi connectivity index (χ4v) is 2.84. The molecule has 106 valence electrons. The Kier molecular flexibility index (Phi) is 4.53. The second kappa shape index (κ2) is 6.15. The van der Waals surface area contributed by atoms with Crippen LogP contribution >= 0.6 is 0 Å². The Bertz CT molecular complexity index is 434. The summed E-state index contributed by atoms with van der Waals surface area (Å²) in [7, 11) is 3.32. The van der Waals surface area contributed by atoms with Gasteiger partial charge in [-0.05, 0) is 43.9 Å². The van der Waals surface area contributed by atoms with E-state index in [2.05, 4.69) is 12.2 Å². The van der Waals surface area contributed by atoms with Gasteiger partial charge in [-0.15, -0.1) is 0 Å². The van der Waals surface area contributed by atoms with E-state index >= 15 is 0 Å². The van der Waals surface area contributed by atoms with E-state index in [1.54, 1.807) is 14.2 Å². The van der Waals surface area contributed by atoms with Crippen molar-refractivity contribution in [3.05, 3.63) is 17.7 Å². The molecule has 0 heterocycles. The van der Waals surface area contributed by atoms with Gasteiger partial charge in [-0.2, -0.15) is 0 Å². The summed E-state index contributed by atoms with van der Waals surface area (Å²) >= 11 is 0. The lowest BCUT2D eigenvalue weighted by Crippen LogP contribution is -2.29. The van der Waals surface area contributed by atoms with Gasteiger partial charge in [0.15, 0.2) is 11.5 Å². The predicted molar refractivity (Wildman–Crippen MR) is 78.1 cm³/mol. The van der Waals surface area contributed by atoms with Gasteiger partial charge in [-0.25, -0.2) is 0 Å². The van der Waals surface area contributed by atoms with Crippen LogP contribution in [-0.4, -0.2) is 26.8 Å². The summed E-state index contributed by atoms with van der Waals surface area (Å²) in [5.41, 5.74) is 8.11. The Hall–Kier alpha value is -1.42. The SMILES string of the molecule is COc1cc(C)c(NC2CCCC2CN)cc1OC. The number of hydrogen-bond donors (Lipinski definition) is 2. The standard InChI is InChI=1S/C15H24N2O2/c1-10-7-14(18-2)15(19-3)8-13(10)17-12-6-4-5-11(12)9-16/h7-8,11-12,17H,4-6,9,16H2,1-3H3. The van der Waals surface area contributed by atoms with Crippen LogP contribution in [-0.2, 0) is 0 Å². The molecule has 4 heteroatoms. The van der Waals surface area contributed by atoms with Crippen LogP contribution < -0.4 is 20.5 Å². The molecule has 1 aromatic rings. The van der Waals surface area contributed by atoms with Gasteiger partial charge in [-0.3, -0.25) is 0 Å². The van der Waals surface area contributed by atoms with Crippen molar-refractivity contribution in [2.24, 2.45) is 11.7 Å². The average Bonchev–Trinajstić information content (AvgIpc) is 2.87. The number of nitrogens with one attached hydrogen (secondary N) is 1. The summed E-state index contributed by atoms with van der Waals surface area (Å²) in [6.45, 7) is 2.83. The second-order valence-electron chi connectivity index (χ2n) is 5.20. The molecule has 2 rings (SSSR count). The number of nitrogens with two attached hydrogens (primary N) is 1. The number of methoxy groups -OCH3 is 2. The maximum absolute atomic E-state index is 5.83. The molecule has 2 atom stereocenters. The first-order chi connectivity index (χ1) is 9.19. The fourth-order valence-electron chi connectivity index (χ4n) is 2.84. The van der Waals surface area contributed by atoms with Gasteiger partial charge in [0.1, 0.15) is 0 Å². The largest absolute Gasteiger partial charge is 0.493 e. The zero-order chi connectivity index (χ0) is 13.8. The highest BCUT2D eigenvalue weighted by Gasteiger charge is 2.26. The van der Waals surface area contributed by atoms with E-state index in [1.165, 1.54) is 24.8 Å². The van der Waals surface area contributed by atoms with Gasteiger partial charge in [0.25, 0.3) is 0 Å². The smallest absolute Gasteiger partial charge is 0.162 e. The van der Waals surface area contributed by atoms with E-state index in [0.717, 1.165) is 23.7 Å². The molecule has 1 aromatic carbocycles. The van der Waals surface area contributed by atoms with Crippen molar-refractivity contribution >= 4 is 5.69 Å². The molecule has 19 heavy (non-hydrogen) atoms. The molecule has 0 aromatic heterocycles. The highest BCUT2D eigenvalue weighted by molar-refractivity contribution is 5.60. The number of hydrogen-bond acceptors (Lipinski definition) is 4. The minimum Gasteiger partial charge on any atom is -0.493 e. The lowest BCUT2D eigenvalue weighted by atomic mass is 10.0. The van der Waals surface area contributed by atoms with Gasteiger partial charge in [-0.1, -0.05) is 6.42 Å². The Morgan fingerprint density at radius 1 is 1.21 bits per heavy atom. The molecule has 1 fully saturated rings. The third kappa shape index (κ3) is 2.95. The van der Waals surface area contributed by atoms with E-state index in [1.807, 2.05) is 12.1 Å². The quantitative estimate of drug-likeness (QED) is 0.858. The maximum Gasteiger partial charge on any atom is 0.162 e. The van der Waals surface area contributed by atoms with Gasteiger partial charge in [0.05, 0.1) is 14.2 Å². The van der Waals surface area contributed by atoms with Crippen LogP contribution in [0, 0.1) is 12.8 Å². The van der Waals surface area contributed by atoms with Crippen molar-refractivity contribution in [2.75, 3.05) is 26.1 Å². The van der Waals surface area contributed by atoms with Crippen molar-refractivity contribution in [1.82, 2.24) is 0 Å². The number of anilines is 1. The molecule has 1 aliphatic rings. The zero-order valence-corrected chi connectivity index (χ0v) is 12.0. The highest BCUT2D eigenvalue weighted by Crippen LogP contribution is 2.35. The average molecular weight is 264 g/mol.